The van der Waals surface area contributed by atoms with Gasteiger partial charge in [-0.05, 0) is 12.1 Å². The molecule has 1 N–H and O–H groups in total. The number of aromatic nitrogens is 1. The van der Waals surface area contributed by atoms with E-state index in [-0.39, 0.29) is 10.0 Å². The van der Waals surface area contributed by atoms with Gasteiger partial charge in [0.05, 0.1) is 12.0 Å². The van der Waals surface area contributed by atoms with Gasteiger partial charge in [-0.25, -0.2) is 13.4 Å². The van der Waals surface area contributed by atoms with E-state index in [4.69, 9.17) is 11.6 Å². The summed E-state index contributed by atoms with van der Waals surface area (Å²) in [4.78, 5) is 14.4. The van der Waals surface area contributed by atoms with Crippen molar-refractivity contribution in [1.82, 2.24) is 9.71 Å². The lowest BCUT2D eigenvalue weighted by Crippen LogP contribution is -2.30. The highest BCUT2D eigenvalue weighted by atomic mass is 35.5. The third kappa shape index (κ3) is 3.44. The molecule has 0 aromatic carbocycles. The molecule has 1 aromatic rings. The summed E-state index contributed by atoms with van der Waals surface area (Å²) in [6.45, 7) is -0.432. The van der Waals surface area contributed by atoms with Gasteiger partial charge in [0.15, 0.2) is 0 Å². The first-order valence-corrected chi connectivity index (χ1v) is 6.00. The maximum Gasteiger partial charge on any atom is 0.320 e. The Morgan fingerprint density at radius 3 is 2.88 bits per heavy atom. The monoisotopic (exact) mass is 264 g/mol. The van der Waals surface area contributed by atoms with Gasteiger partial charge in [0.2, 0.25) is 10.0 Å². The van der Waals surface area contributed by atoms with E-state index in [1.165, 1.54) is 25.4 Å². The number of methoxy groups -OCH3 is 1. The number of esters is 1. The van der Waals surface area contributed by atoms with Crippen molar-refractivity contribution in [1.29, 1.82) is 0 Å². The van der Waals surface area contributed by atoms with Crippen molar-refractivity contribution < 1.29 is 17.9 Å². The van der Waals surface area contributed by atoms with E-state index in [0.717, 1.165) is 0 Å². The molecule has 0 atom stereocenters. The quantitative estimate of drug-likeness (QED) is 0.620. The van der Waals surface area contributed by atoms with Crippen LogP contribution in [0.5, 0.6) is 0 Å². The van der Waals surface area contributed by atoms with Gasteiger partial charge in [-0.1, -0.05) is 11.6 Å². The van der Waals surface area contributed by atoms with Crippen molar-refractivity contribution >= 4 is 27.6 Å². The van der Waals surface area contributed by atoms with Crippen molar-refractivity contribution in [3.05, 3.63) is 23.5 Å². The summed E-state index contributed by atoms with van der Waals surface area (Å²) >= 11 is 5.55. The standard InChI is InChI=1S/C8H9ClN2O4S/c1-15-8(12)5-11-16(13,14)6-2-3-10-7(9)4-6/h2-4,11H,5H2,1H3. The SMILES string of the molecule is COC(=O)CNS(=O)(=O)c1ccnc(Cl)c1. The van der Waals surface area contributed by atoms with E-state index in [0.29, 0.717) is 0 Å². The Kier molecular flexibility index (Phi) is 4.22. The molecule has 0 spiro atoms. The second kappa shape index (κ2) is 5.24. The van der Waals surface area contributed by atoms with Crippen molar-refractivity contribution in [2.75, 3.05) is 13.7 Å². The number of halogens is 1. The largest absolute Gasteiger partial charge is 0.468 e. The minimum Gasteiger partial charge on any atom is -0.468 e. The molecule has 88 valence electrons. The van der Waals surface area contributed by atoms with E-state index in [1.54, 1.807) is 0 Å². The Morgan fingerprint density at radius 1 is 1.62 bits per heavy atom. The third-order valence-corrected chi connectivity index (χ3v) is 3.25. The van der Waals surface area contributed by atoms with Gasteiger partial charge in [0, 0.05) is 6.20 Å². The number of nitrogens with zero attached hydrogens (tertiary/aromatic N) is 1. The lowest BCUT2D eigenvalue weighted by Gasteiger charge is -2.05. The molecule has 0 aliphatic carbocycles. The Hall–Kier alpha value is -1.18. The fourth-order valence-corrected chi connectivity index (χ4v) is 2.08. The summed E-state index contributed by atoms with van der Waals surface area (Å²) in [6.07, 6.45) is 1.26. The van der Waals surface area contributed by atoms with Crippen LogP contribution in [0.4, 0.5) is 0 Å². The minimum absolute atomic E-state index is 0.0564. The minimum atomic E-state index is -3.76. The van der Waals surface area contributed by atoms with E-state index in [1.807, 2.05) is 0 Å². The number of pyridine rings is 1. The number of ether oxygens (including phenoxy) is 1. The lowest BCUT2D eigenvalue weighted by molar-refractivity contribution is -0.139. The fourth-order valence-electron chi connectivity index (χ4n) is 0.861. The fraction of sp³-hybridized carbons (Fsp3) is 0.250. The average molecular weight is 265 g/mol. The zero-order valence-corrected chi connectivity index (χ0v) is 9.88. The molecular formula is C8H9ClN2O4S. The van der Waals surface area contributed by atoms with Gasteiger partial charge >= 0.3 is 5.97 Å². The molecule has 0 saturated carbocycles. The summed E-state index contributed by atoms with van der Waals surface area (Å²) in [5.41, 5.74) is 0. The molecule has 0 saturated heterocycles. The van der Waals surface area contributed by atoms with E-state index in [9.17, 15) is 13.2 Å². The molecule has 1 rings (SSSR count). The van der Waals surface area contributed by atoms with Crippen LogP contribution in [-0.2, 0) is 19.6 Å². The molecule has 0 bridgehead atoms. The molecule has 0 unspecified atom stereocenters. The van der Waals surface area contributed by atoms with Crippen LogP contribution >= 0.6 is 11.6 Å². The third-order valence-electron chi connectivity index (χ3n) is 1.64. The Morgan fingerprint density at radius 2 is 2.31 bits per heavy atom. The predicted molar refractivity (Wildman–Crippen MR) is 56.5 cm³/mol. The molecule has 0 fully saturated rings. The number of carbonyl (C=O) groups excluding carboxylic acids is 1. The number of nitrogens with one attached hydrogen (secondary N) is 1. The van der Waals surface area contributed by atoms with E-state index in [2.05, 4.69) is 14.4 Å². The Bertz CT molecular complexity index is 489. The van der Waals surface area contributed by atoms with Crippen LogP contribution in [0.3, 0.4) is 0 Å². The summed E-state index contributed by atoms with van der Waals surface area (Å²) in [6, 6.07) is 2.45. The highest BCUT2D eigenvalue weighted by molar-refractivity contribution is 7.89. The Balaban J connectivity index is 2.82. The first kappa shape index (κ1) is 12.9. The number of hydrogen-bond acceptors (Lipinski definition) is 5. The van der Waals surface area contributed by atoms with Crippen LogP contribution in [0.25, 0.3) is 0 Å². The lowest BCUT2D eigenvalue weighted by atomic mass is 10.5. The average Bonchev–Trinajstić information content (AvgIpc) is 2.26. The van der Waals surface area contributed by atoms with E-state index >= 15 is 0 Å². The smallest absolute Gasteiger partial charge is 0.320 e. The van der Waals surface area contributed by atoms with Gasteiger partial charge in [-0.2, -0.15) is 4.72 Å². The molecule has 6 nitrogen and oxygen atoms in total. The first-order chi connectivity index (χ1) is 7.45. The summed E-state index contributed by atoms with van der Waals surface area (Å²) in [5.74, 6) is -0.677. The molecule has 16 heavy (non-hydrogen) atoms. The highest BCUT2D eigenvalue weighted by Gasteiger charge is 2.15. The normalized spacial score (nSPS) is 11.1. The molecule has 0 aliphatic rings. The van der Waals surface area contributed by atoms with Crippen molar-refractivity contribution in [2.24, 2.45) is 0 Å². The van der Waals surface area contributed by atoms with Crippen molar-refractivity contribution in [2.45, 2.75) is 4.90 Å². The van der Waals surface area contributed by atoms with Crippen LogP contribution in [0.15, 0.2) is 23.2 Å². The zero-order chi connectivity index (χ0) is 12.2. The van der Waals surface area contributed by atoms with Crippen LogP contribution < -0.4 is 4.72 Å². The van der Waals surface area contributed by atoms with Gasteiger partial charge in [0.1, 0.15) is 11.7 Å². The van der Waals surface area contributed by atoms with Gasteiger partial charge in [-0.15, -0.1) is 0 Å². The summed E-state index contributed by atoms with van der Waals surface area (Å²) in [7, 11) is -2.60. The molecule has 0 aliphatic heterocycles. The first-order valence-electron chi connectivity index (χ1n) is 4.14. The van der Waals surface area contributed by atoms with Crippen LogP contribution in [-0.4, -0.2) is 33.0 Å². The number of sulfonamides is 1. The van der Waals surface area contributed by atoms with Gasteiger partial charge in [-0.3, -0.25) is 4.79 Å². The molecule has 0 radical (unpaired) electrons. The topological polar surface area (TPSA) is 85.4 Å². The maximum atomic E-state index is 11.6. The summed E-state index contributed by atoms with van der Waals surface area (Å²) < 4.78 is 29.6. The van der Waals surface area contributed by atoms with Gasteiger partial charge < -0.3 is 4.74 Å². The maximum absolute atomic E-state index is 11.6. The van der Waals surface area contributed by atoms with Gasteiger partial charge in [0.25, 0.3) is 0 Å². The number of rotatable bonds is 4. The number of hydrogen-bond donors (Lipinski definition) is 1. The van der Waals surface area contributed by atoms with E-state index < -0.39 is 22.5 Å². The Labute approximate surface area is 97.6 Å². The molecule has 1 heterocycles. The van der Waals surface area contributed by atoms with Crippen LogP contribution in [0, 0.1) is 0 Å². The molecular weight excluding hydrogens is 256 g/mol. The predicted octanol–water partition coefficient (Wildman–Crippen LogP) is 0.186. The molecule has 8 heteroatoms. The van der Waals surface area contributed by atoms with Crippen LogP contribution in [0.1, 0.15) is 0 Å². The second-order valence-electron chi connectivity index (χ2n) is 2.71. The van der Waals surface area contributed by atoms with Crippen molar-refractivity contribution in [3.8, 4) is 0 Å². The zero-order valence-electron chi connectivity index (χ0n) is 8.31. The van der Waals surface area contributed by atoms with Crippen LogP contribution in [0.2, 0.25) is 5.15 Å². The number of carbonyl (C=O) groups is 1. The summed E-state index contributed by atoms with van der Waals surface area (Å²) in [5, 5.41) is 0.0564. The van der Waals surface area contributed by atoms with Crippen molar-refractivity contribution in [3.63, 3.8) is 0 Å². The molecule has 0 amide bonds. The second-order valence-corrected chi connectivity index (χ2v) is 4.87. The highest BCUT2D eigenvalue weighted by Crippen LogP contribution is 2.12. The molecule has 1 aromatic heterocycles.